The van der Waals surface area contributed by atoms with Gasteiger partial charge in [-0.15, -0.1) is 0 Å². The Bertz CT molecular complexity index is 745. The lowest BCUT2D eigenvalue weighted by atomic mass is 9.95. The highest BCUT2D eigenvalue weighted by Crippen LogP contribution is 2.34. The number of fused-ring (bicyclic) bond motifs is 1. The molecule has 5 nitrogen and oxygen atoms in total. The minimum absolute atomic E-state index is 0.0171. The van der Waals surface area contributed by atoms with Gasteiger partial charge in [0.25, 0.3) is 5.91 Å². The lowest BCUT2D eigenvalue weighted by molar-refractivity contribution is -0.130. The molecule has 2 amide bonds. The molecule has 1 aliphatic rings. The fourth-order valence-electron chi connectivity index (χ4n) is 3.08. The monoisotopic (exact) mass is 324 g/mol. The number of hydrogen-bond acceptors (Lipinski definition) is 3. The lowest BCUT2D eigenvalue weighted by Gasteiger charge is -2.34. The Balaban J connectivity index is 1.79. The predicted octanol–water partition coefficient (Wildman–Crippen LogP) is 2.33. The number of aliphatic hydroxyl groups is 1. The van der Waals surface area contributed by atoms with Crippen molar-refractivity contribution in [1.82, 2.24) is 5.32 Å². The highest BCUT2D eigenvalue weighted by atomic mass is 16.3. The van der Waals surface area contributed by atoms with Gasteiger partial charge in [-0.2, -0.15) is 0 Å². The van der Waals surface area contributed by atoms with Gasteiger partial charge in [-0.25, -0.2) is 0 Å². The molecule has 3 rings (SSSR count). The Morgan fingerprint density at radius 3 is 2.50 bits per heavy atom. The highest BCUT2D eigenvalue weighted by Gasteiger charge is 2.29. The molecule has 2 unspecified atom stereocenters. The highest BCUT2D eigenvalue weighted by molar-refractivity contribution is 5.93. The first-order chi connectivity index (χ1) is 11.6. The van der Waals surface area contributed by atoms with Crippen LogP contribution in [0.25, 0.3) is 0 Å². The van der Waals surface area contributed by atoms with Crippen molar-refractivity contribution in [1.29, 1.82) is 0 Å². The van der Waals surface area contributed by atoms with Crippen LogP contribution in [0.15, 0.2) is 54.6 Å². The molecule has 2 aromatic carbocycles. The molecular formula is C19H20N2O3. The summed E-state index contributed by atoms with van der Waals surface area (Å²) >= 11 is 0. The van der Waals surface area contributed by atoms with Crippen LogP contribution in [0.2, 0.25) is 0 Å². The first-order valence-electron chi connectivity index (χ1n) is 7.98. The van der Waals surface area contributed by atoms with E-state index in [4.69, 9.17) is 0 Å². The minimum Gasteiger partial charge on any atom is -0.378 e. The molecule has 2 atom stereocenters. The number of carbonyl (C=O) groups is 2. The first-order valence-corrected chi connectivity index (χ1v) is 7.98. The van der Waals surface area contributed by atoms with E-state index in [0.717, 1.165) is 11.3 Å². The van der Waals surface area contributed by atoms with Gasteiger partial charge in [0.2, 0.25) is 5.91 Å². The second-order valence-corrected chi connectivity index (χ2v) is 5.89. The fourth-order valence-corrected chi connectivity index (χ4v) is 3.08. The third kappa shape index (κ3) is 3.16. The van der Waals surface area contributed by atoms with Gasteiger partial charge < -0.3 is 15.3 Å². The molecule has 0 radical (unpaired) electrons. The van der Waals surface area contributed by atoms with Gasteiger partial charge in [0.05, 0.1) is 6.04 Å². The standard InChI is InChI=1S/C19H20N2O3/c1-13(22)21-12-11-16(15-9-5-6-10-17(15)21)20-19(24)18(23)14-7-3-2-4-8-14/h2-10,16,18,23H,11-12H2,1H3,(H,20,24). The van der Waals surface area contributed by atoms with E-state index in [0.29, 0.717) is 18.5 Å². The number of hydrogen-bond donors (Lipinski definition) is 2. The molecule has 0 saturated carbocycles. The van der Waals surface area contributed by atoms with E-state index < -0.39 is 12.0 Å². The van der Waals surface area contributed by atoms with Crippen molar-refractivity contribution >= 4 is 17.5 Å². The normalized spacial score (nSPS) is 17.8. The van der Waals surface area contributed by atoms with E-state index >= 15 is 0 Å². The number of carbonyl (C=O) groups excluding carboxylic acids is 2. The molecule has 0 fully saturated rings. The smallest absolute Gasteiger partial charge is 0.253 e. The zero-order valence-corrected chi connectivity index (χ0v) is 13.5. The van der Waals surface area contributed by atoms with E-state index in [1.54, 1.807) is 29.2 Å². The second kappa shape index (κ2) is 6.84. The molecule has 0 aliphatic carbocycles. The predicted molar refractivity (Wildman–Crippen MR) is 91.4 cm³/mol. The molecule has 24 heavy (non-hydrogen) atoms. The number of anilines is 1. The molecule has 0 bridgehead atoms. The van der Waals surface area contributed by atoms with E-state index in [9.17, 15) is 14.7 Å². The molecule has 1 aliphatic heterocycles. The summed E-state index contributed by atoms with van der Waals surface area (Å²) in [6.07, 6.45) is -0.590. The first kappa shape index (κ1) is 16.2. The summed E-state index contributed by atoms with van der Waals surface area (Å²) in [5.41, 5.74) is 2.27. The van der Waals surface area contributed by atoms with Crippen LogP contribution in [0.5, 0.6) is 0 Å². The molecule has 0 saturated heterocycles. The Morgan fingerprint density at radius 2 is 1.79 bits per heavy atom. The maximum atomic E-state index is 12.4. The van der Waals surface area contributed by atoms with Crippen LogP contribution >= 0.6 is 0 Å². The summed E-state index contributed by atoms with van der Waals surface area (Å²) in [6, 6.07) is 16.2. The van der Waals surface area contributed by atoms with Crippen molar-refractivity contribution in [2.45, 2.75) is 25.5 Å². The molecular weight excluding hydrogens is 304 g/mol. The summed E-state index contributed by atoms with van der Waals surface area (Å²) in [7, 11) is 0. The van der Waals surface area contributed by atoms with Crippen molar-refractivity contribution < 1.29 is 14.7 Å². The molecule has 1 heterocycles. The van der Waals surface area contributed by atoms with Gasteiger partial charge in [-0.3, -0.25) is 9.59 Å². The lowest BCUT2D eigenvalue weighted by Crippen LogP contribution is -2.41. The third-order valence-corrected chi connectivity index (χ3v) is 4.30. The van der Waals surface area contributed by atoms with Crippen LogP contribution in [-0.2, 0) is 9.59 Å². The second-order valence-electron chi connectivity index (χ2n) is 5.89. The van der Waals surface area contributed by atoms with E-state index in [-0.39, 0.29) is 11.9 Å². The van der Waals surface area contributed by atoms with Crippen LogP contribution in [0.3, 0.4) is 0 Å². The molecule has 2 N–H and O–H groups in total. The molecule has 0 aromatic heterocycles. The summed E-state index contributed by atoms with van der Waals surface area (Å²) in [5.74, 6) is -0.450. The third-order valence-electron chi connectivity index (χ3n) is 4.30. The van der Waals surface area contributed by atoms with Gasteiger partial charge in [0, 0.05) is 19.2 Å². The Hall–Kier alpha value is -2.66. The van der Waals surface area contributed by atoms with Gasteiger partial charge in [0.1, 0.15) is 0 Å². The van der Waals surface area contributed by atoms with Gasteiger partial charge >= 0.3 is 0 Å². The summed E-state index contributed by atoms with van der Waals surface area (Å²) < 4.78 is 0. The zero-order chi connectivity index (χ0) is 17.1. The van der Waals surface area contributed by atoms with E-state index in [1.165, 1.54) is 6.92 Å². The van der Waals surface area contributed by atoms with Gasteiger partial charge in [-0.05, 0) is 23.6 Å². The number of nitrogens with one attached hydrogen (secondary N) is 1. The number of aliphatic hydroxyl groups excluding tert-OH is 1. The van der Waals surface area contributed by atoms with Crippen molar-refractivity contribution in [3.05, 3.63) is 65.7 Å². The van der Waals surface area contributed by atoms with Crippen LogP contribution in [0, 0.1) is 0 Å². The fraction of sp³-hybridized carbons (Fsp3) is 0.263. The van der Waals surface area contributed by atoms with E-state index in [2.05, 4.69) is 5.32 Å². The van der Waals surface area contributed by atoms with Crippen molar-refractivity contribution in [3.63, 3.8) is 0 Å². The maximum Gasteiger partial charge on any atom is 0.253 e. The van der Waals surface area contributed by atoms with Crippen LogP contribution < -0.4 is 10.2 Å². The van der Waals surface area contributed by atoms with Crippen LogP contribution in [0.4, 0.5) is 5.69 Å². The van der Waals surface area contributed by atoms with Crippen molar-refractivity contribution in [3.8, 4) is 0 Å². The van der Waals surface area contributed by atoms with E-state index in [1.807, 2.05) is 30.3 Å². The average Bonchev–Trinajstić information content (AvgIpc) is 2.61. The van der Waals surface area contributed by atoms with Crippen molar-refractivity contribution in [2.75, 3.05) is 11.4 Å². The summed E-state index contributed by atoms with van der Waals surface area (Å²) in [6.45, 7) is 2.08. The number of benzene rings is 2. The van der Waals surface area contributed by atoms with Gasteiger partial charge in [-0.1, -0.05) is 48.5 Å². The molecule has 0 spiro atoms. The largest absolute Gasteiger partial charge is 0.378 e. The molecule has 5 heteroatoms. The SMILES string of the molecule is CC(=O)N1CCC(NC(=O)C(O)c2ccccc2)c2ccccc21. The number of rotatable bonds is 3. The summed E-state index contributed by atoms with van der Waals surface area (Å²) in [5, 5.41) is 13.1. The molecule has 2 aromatic rings. The van der Waals surface area contributed by atoms with Crippen molar-refractivity contribution in [2.24, 2.45) is 0 Å². The number of amides is 2. The Labute approximate surface area is 140 Å². The maximum absolute atomic E-state index is 12.4. The van der Waals surface area contributed by atoms with Gasteiger partial charge in [0.15, 0.2) is 6.10 Å². The minimum atomic E-state index is -1.20. The summed E-state index contributed by atoms with van der Waals surface area (Å²) in [4.78, 5) is 25.9. The number of nitrogens with zero attached hydrogens (tertiary/aromatic N) is 1. The topological polar surface area (TPSA) is 69.6 Å². The molecule has 124 valence electrons. The average molecular weight is 324 g/mol. The zero-order valence-electron chi connectivity index (χ0n) is 13.5. The Kier molecular flexibility index (Phi) is 4.62. The number of para-hydroxylation sites is 1. The Morgan fingerprint density at radius 1 is 1.12 bits per heavy atom. The van der Waals surface area contributed by atoms with Crippen LogP contribution in [-0.4, -0.2) is 23.5 Å². The quantitative estimate of drug-likeness (QED) is 0.910. The van der Waals surface area contributed by atoms with Crippen LogP contribution in [0.1, 0.15) is 36.6 Å².